The van der Waals surface area contributed by atoms with Gasteiger partial charge >= 0.3 is 0 Å². The first-order chi connectivity index (χ1) is 11.9. The molecule has 0 saturated heterocycles. The van der Waals surface area contributed by atoms with Crippen molar-refractivity contribution in [3.63, 3.8) is 0 Å². The molecular weight excluding hydrogens is 314 g/mol. The third kappa shape index (κ3) is 6.50. The van der Waals surface area contributed by atoms with Crippen LogP contribution in [0.1, 0.15) is 50.8 Å². The second-order valence-corrected chi connectivity index (χ2v) is 7.40. The number of carbonyl (C=O) groups is 2. The van der Waals surface area contributed by atoms with Crippen molar-refractivity contribution in [3.8, 4) is 0 Å². The lowest BCUT2D eigenvalue weighted by Gasteiger charge is -2.25. The van der Waals surface area contributed by atoms with Gasteiger partial charge in [0.15, 0.2) is 0 Å². The number of amides is 2. The molecule has 0 heterocycles. The fraction of sp³-hybridized carbons (Fsp3) is 0.600. The molecule has 1 aliphatic carbocycles. The van der Waals surface area contributed by atoms with Crippen LogP contribution in [0.25, 0.3) is 0 Å². The van der Waals surface area contributed by atoms with E-state index in [9.17, 15) is 9.59 Å². The molecule has 2 amide bonds. The fourth-order valence-corrected chi connectivity index (χ4v) is 2.86. The Hall–Kier alpha value is -1.88. The number of nitrogens with zero attached hydrogens (tertiary/aromatic N) is 1. The summed E-state index contributed by atoms with van der Waals surface area (Å²) < 4.78 is 0. The zero-order valence-electron chi connectivity index (χ0n) is 15.8. The van der Waals surface area contributed by atoms with Crippen LogP contribution in [-0.2, 0) is 16.0 Å². The van der Waals surface area contributed by atoms with Gasteiger partial charge in [-0.05, 0) is 43.4 Å². The van der Waals surface area contributed by atoms with Crippen LogP contribution < -0.4 is 10.6 Å². The Morgan fingerprint density at radius 2 is 1.72 bits per heavy atom. The highest BCUT2D eigenvalue weighted by atomic mass is 16.2. The molecule has 5 heteroatoms. The van der Waals surface area contributed by atoms with Crippen molar-refractivity contribution >= 4 is 11.8 Å². The number of likely N-dealkylation sites (N-methyl/N-ethyl adjacent to an activating group) is 1. The molecule has 138 valence electrons. The Kier molecular flexibility index (Phi) is 7.00. The third-order valence-electron chi connectivity index (χ3n) is 4.50. The molecule has 2 rings (SSSR count). The van der Waals surface area contributed by atoms with Crippen LogP contribution in [0.3, 0.4) is 0 Å². The van der Waals surface area contributed by atoms with Gasteiger partial charge in [0.2, 0.25) is 11.8 Å². The van der Waals surface area contributed by atoms with Crippen LogP contribution in [0.5, 0.6) is 0 Å². The van der Waals surface area contributed by atoms with Crippen molar-refractivity contribution in [1.29, 1.82) is 0 Å². The predicted molar refractivity (Wildman–Crippen MR) is 100 cm³/mol. The predicted octanol–water partition coefficient (Wildman–Crippen LogP) is 2.27. The smallest absolute Gasteiger partial charge is 0.234 e. The fourth-order valence-electron chi connectivity index (χ4n) is 2.86. The molecule has 0 aromatic heterocycles. The molecular formula is C20H31N3O2. The average Bonchev–Trinajstić information content (AvgIpc) is 3.36. The molecule has 0 bridgehead atoms. The number of nitrogens with one attached hydrogen (secondary N) is 2. The van der Waals surface area contributed by atoms with Gasteiger partial charge in [-0.3, -0.25) is 14.5 Å². The van der Waals surface area contributed by atoms with E-state index in [2.05, 4.69) is 55.7 Å². The van der Waals surface area contributed by atoms with Crippen LogP contribution in [0.4, 0.5) is 0 Å². The molecule has 1 saturated carbocycles. The average molecular weight is 345 g/mol. The molecule has 1 aromatic carbocycles. The quantitative estimate of drug-likeness (QED) is 0.722. The molecule has 2 N–H and O–H groups in total. The Labute approximate surface area is 151 Å². The normalized spacial score (nSPS) is 15.3. The summed E-state index contributed by atoms with van der Waals surface area (Å²) in [5, 5.41) is 6.06. The van der Waals surface area contributed by atoms with Crippen LogP contribution >= 0.6 is 0 Å². The SMILES string of the molecule is CCc1ccc([C@H](NC(=O)CN(C)CC(=O)NC2CC2)C(C)C)cc1. The highest BCUT2D eigenvalue weighted by Gasteiger charge is 2.24. The van der Waals surface area contributed by atoms with Gasteiger partial charge < -0.3 is 10.6 Å². The van der Waals surface area contributed by atoms with Gasteiger partial charge in [0.1, 0.15) is 0 Å². The van der Waals surface area contributed by atoms with Gasteiger partial charge in [0.25, 0.3) is 0 Å². The number of rotatable bonds is 9. The summed E-state index contributed by atoms with van der Waals surface area (Å²) in [5.41, 5.74) is 2.41. The lowest BCUT2D eigenvalue weighted by Crippen LogP contribution is -2.42. The maximum absolute atomic E-state index is 12.4. The largest absolute Gasteiger partial charge is 0.352 e. The summed E-state index contributed by atoms with van der Waals surface area (Å²) in [7, 11) is 1.80. The Bertz CT molecular complexity index is 579. The van der Waals surface area contributed by atoms with E-state index in [4.69, 9.17) is 0 Å². The second-order valence-electron chi connectivity index (χ2n) is 7.40. The maximum atomic E-state index is 12.4. The molecule has 0 radical (unpaired) electrons. The molecule has 0 aliphatic heterocycles. The van der Waals surface area contributed by atoms with E-state index in [-0.39, 0.29) is 30.9 Å². The first kappa shape index (κ1) is 19.4. The summed E-state index contributed by atoms with van der Waals surface area (Å²) in [6.07, 6.45) is 3.15. The standard InChI is InChI=1S/C20H31N3O2/c1-5-15-6-8-16(9-7-15)20(14(2)3)22-19(25)13-23(4)12-18(24)21-17-10-11-17/h6-9,14,17,20H,5,10-13H2,1-4H3,(H,21,24)(H,22,25)/t20-/m1/s1. The Morgan fingerprint density at radius 3 is 2.24 bits per heavy atom. The highest BCUT2D eigenvalue weighted by molar-refractivity contribution is 5.81. The maximum Gasteiger partial charge on any atom is 0.234 e. The van der Waals surface area contributed by atoms with E-state index in [1.165, 1.54) is 5.56 Å². The van der Waals surface area contributed by atoms with Crippen molar-refractivity contribution < 1.29 is 9.59 Å². The first-order valence-electron chi connectivity index (χ1n) is 9.25. The molecule has 0 unspecified atom stereocenters. The van der Waals surface area contributed by atoms with Crippen molar-refractivity contribution in [2.75, 3.05) is 20.1 Å². The number of benzene rings is 1. The third-order valence-corrected chi connectivity index (χ3v) is 4.50. The molecule has 1 atom stereocenters. The molecule has 25 heavy (non-hydrogen) atoms. The topological polar surface area (TPSA) is 61.4 Å². The van der Waals surface area contributed by atoms with Crippen molar-refractivity contribution in [2.24, 2.45) is 5.92 Å². The van der Waals surface area contributed by atoms with Gasteiger partial charge in [-0.15, -0.1) is 0 Å². The molecule has 0 spiro atoms. The van der Waals surface area contributed by atoms with E-state index in [0.717, 1.165) is 24.8 Å². The van der Waals surface area contributed by atoms with Gasteiger partial charge in [-0.2, -0.15) is 0 Å². The van der Waals surface area contributed by atoms with Crippen molar-refractivity contribution in [3.05, 3.63) is 35.4 Å². The van der Waals surface area contributed by atoms with Crippen LogP contribution in [0, 0.1) is 5.92 Å². The van der Waals surface area contributed by atoms with E-state index >= 15 is 0 Å². The van der Waals surface area contributed by atoms with Crippen LogP contribution in [0.2, 0.25) is 0 Å². The summed E-state index contributed by atoms with van der Waals surface area (Å²) in [6, 6.07) is 8.75. The minimum Gasteiger partial charge on any atom is -0.352 e. The highest BCUT2D eigenvalue weighted by Crippen LogP contribution is 2.22. The minimum atomic E-state index is -0.0556. The van der Waals surface area contributed by atoms with E-state index in [0.29, 0.717) is 12.0 Å². The number of aryl methyl sites for hydroxylation is 1. The molecule has 1 aromatic rings. The lowest BCUT2D eigenvalue weighted by atomic mass is 9.95. The van der Waals surface area contributed by atoms with E-state index in [1.54, 1.807) is 11.9 Å². The summed E-state index contributed by atoms with van der Waals surface area (Å²) in [4.78, 5) is 26.0. The van der Waals surface area contributed by atoms with E-state index < -0.39 is 0 Å². The van der Waals surface area contributed by atoms with Crippen molar-refractivity contribution in [1.82, 2.24) is 15.5 Å². The summed E-state index contributed by atoms with van der Waals surface area (Å²) in [6.45, 7) is 6.80. The zero-order chi connectivity index (χ0) is 18.4. The van der Waals surface area contributed by atoms with Gasteiger partial charge in [-0.1, -0.05) is 45.0 Å². The molecule has 1 aliphatic rings. The number of hydrogen-bond acceptors (Lipinski definition) is 3. The minimum absolute atomic E-state index is 0.00614. The first-order valence-corrected chi connectivity index (χ1v) is 9.25. The lowest BCUT2D eigenvalue weighted by molar-refractivity contribution is -0.125. The van der Waals surface area contributed by atoms with Gasteiger partial charge in [0.05, 0.1) is 19.1 Å². The van der Waals surface area contributed by atoms with E-state index in [1.807, 2.05) is 0 Å². The Balaban J connectivity index is 1.86. The van der Waals surface area contributed by atoms with Gasteiger partial charge in [-0.25, -0.2) is 0 Å². The summed E-state index contributed by atoms with van der Waals surface area (Å²) >= 11 is 0. The Morgan fingerprint density at radius 1 is 1.12 bits per heavy atom. The number of carbonyl (C=O) groups excluding carboxylic acids is 2. The number of hydrogen-bond donors (Lipinski definition) is 2. The second kappa shape index (κ2) is 8.99. The van der Waals surface area contributed by atoms with Crippen molar-refractivity contribution in [2.45, 2.75) is 52.1 Å². The van der Waals surface area contributed by atoms with Gasteiger partial charge in [0, 0.05) is 6.04 Å². The molecule has 1 fully saturated rings. The van der Waals surface area contributed by atoms with Crippen LogP contribution in [-0.4, -0.2) is 42.9 Å². The van der Waals surface area contributed by atoms with Crippen LogP contribution in [0.15, 0.2) is 24.3 Å². The monoisotopic (exact) mass is 345 g/mol. The zero-order valence-corrected chi connectivity index (χ0v) is 15.8. The molecule has 5 nitrogen and oxygen atoms in total. The summed E-state index contributed by atoms with van der Waals surface area (Å²) in [5.74, 6) is 0.230.